The normalized spacial score (nSPS) is 17.1. The molecule has 0 spiro atoms. The van der Waals surface area contributed by atoms with Crippen LogP contribution >= 0.6 is 11.8 Å². The zero-order valence-electron chi connectivity index (χ0n) is 12.7. The summed E-state index contributed by atoms with van der Waals surface area (Å²) in [7, 11) is -3.75. The molecule has 0 saturated carbocycles. The standard InChI is InChI=1S/C14H17N3O4S2/c1-3-8-10(23(20,21)17-14(2)6-22-7-14)5-4-9-11(8)12(18)16-13(19)15-9/h4-5,17H,3,6-7H2,1-2H3,(H2,15,16,18,19). The van der Waals surface area contributed by atoms with E-state index in [2.05, 4.69) is 14.7 Å². The van der Waals surface area contributed by atoms with Gasteiger partial charge in [0.15, 0.2) is 0 Å². The van der Waals surface area contributed by atoms with E-state index in [0.29, 0.717) is 17.5 Å². The average Bonchev–Trinajstić information content (AvgIpc) is 2.43. The van der Waals surface area contributed by atoms with Gasteiger partial charge in [0.05, 0.1) is 15.8 Å². The van der Waals surface area contributed by atoms with E-state index in [1.165, 1.54) is 12.1 Å². The van der Waals surface area contributed by atoms with Crippen LogP contribution in [0.3, 0.4) is 0 Å². The van der Waals surface area contributed by atoms with Crippen molar-refractivity contribution in [1.29, 1.82) is 0 Å². The summed E-state index contributed by atoms with van der Waals surface area (Å²) >= 11 is 1.67. The maximum Gasteiger partial charge on any atom is 0.326 e. The molecule has 0 bridgehead atoms. The fraction of sp³-hybridized carbons (Fsp3) is 0.429. The molecule has 9 heteroatoms. The Bertz CT molecular complexity index is 987. The Hall–Kier alpha value is -1.58. The quantitative estimate of drug-likeness (QED) is 0.742. The first kappa shape index (κ1) is 16.3. The number of hydrogen-bond acceptors (Lipinski definition) is 5. The monoisotopic (exact) mass is 355 g/mol. The van der Waals surface area contributed by atoms with Crippen molar-refractivity contribution < 1.29 is 8.42 Å². The van der Waals surface area contributed by atoms with Crippen molar-refractivity contribution in [2.75, 3.05) is 11.5 Å². The maximum absolute atomic E-state index is 12.7. The number of rotatable bonds is 4. The van der Waals surface area contributed by atoms with Gasteiger partial charge in [-0.2, -0.15) is 11.8 Å². The molecule has 1 saturated heterocycles. The lowest BCUT2D eigenvalue weighted by Gasteiger charge is -2.38. The minimum absolute atomic E-state index is 0.0863. The number of aromatic amines is 2. The Morgan fingerprint density at radius 3 is 2.52 bits per heavy atom. The fourth-order valence-corrected chi connectivity index (χ4v) is 5.63. The Labute approximate surface area is 136 Å². The molecule has 1 fully saturated rings. The summed E-state index contributed by atoms with van der Waals surface area (Å²) in [6.45, 7) is 3.64. The first-order chi connectivity index (χ1) is 10.8. The van der Waals surface area contributed by atoms with Crippen molar-refractivity contribution in [2.24, 2.45) is 0 Å². The van der Waals surface area contributed by atoms with E-state index in [0.717, 1.165) is 11.5 Å². The van der Waals surface area contributed by atoms with Crippen molar-refractivity contribution in [1.82, 2.24) is 14.7 Å². The third kappa shape index (κ3) is 2.84. The lowest BCUT2D eigenvalue weighted by Crippen LogP contribution is -2.55. The average molecular weight is 355 g/mol. The number of fused-ring (bicyclic) bond motifs is 1. The summed E-state index contributed by atoms with van der Waals surface area (Å²) in [4.78, 5) is 28.3. The second-order valence-corrected chi connectivity index (χ2v) is 8.52. The summed E-state index contributed by atoms with van der Waals surface area (Å²) in [5.74, 6) is 1.43. The minimum atomic E-state index is -3.75. The van der Waals surface area contributed by atoms with Gasteiger partial charge in [-0.15, -0.1) is 0 Å². The van der Waals surface area contributed by atoms with Crippen LogP contribution in [0, 0.1) is 0 Å². The van der Waals surface area contributed by atoms with Gasteiger partial charge in [-0.1, -0.05) is 6.92 Å². The molecule has 0 aliphatic carbocycles. The maximum atomic E-state index is 12.7. The van der Waals surface area contributed by atoms with Crippen LogP contribution < -0.4 is 16.0 Å². The van der Waals surface area contributed by atoms with Gasteiger partial charge in [0.2, 0.25) is 10.0 Å². The van der Waals surface area contributed by atoms with Gasteiger partial charge in [-0.25, -0.2) is 17.9 Å². The van der Waals surface area contributed by atoms with Crippen molar-refractivity contribution in [2.45, 2.75) is 30.7 Å². The molecule has 1 aliphatic heterocycles. The van der Waals surface area contributed by atoms with E-state index in [1.54, 1.807) is 18.7 Å². The highest BCUT2D eigenvalue weighted by atomic mass is 32.2. The number of hydrogen-bond donors (Lipinski definition) is 3. The molecule has 1 aromatic carbocycles. The number of aryl methyl sites for hydroxylation is 1. The van der Waals surface area contributed by atoms with E-state index in [1.807, 2.05) is 6.92 Å². The van der Waals surface area contributed by atoms with E-state index in [4.69, 9.17) is 0 Å². The van der Waals surface area contributed by atoms with Crippen LogP contribution in [0.15, 0.2) is 26.6 Å². The summed E-state index contributed by atoms with van der Waals surface area (Å²) in [5.41, 5.74) is -0.913. The second kappa shape index (κ2) is 5.50. The zero-order valence-corrected chi connectivity index (χ0v) is 14.4. The van der Waals surface area contributed by atoms with Gasteiger partial charge >= 0.3 is 5.69 Å². The first-order valence-electron chi connectivity index (χ1n) is 7.16. The van der Waals surface area contributed by atoms with Gasteiger partial charge < -0.3 is 4.98 Å². The van der Waals surface area contributed by atoms with Crippen molar-refractivity contribution in [3.05, 3.63) is 38.5 Å². The molecular formula is C14H17N3O4S2. The molecule has 124 valence electrons. The molecule has 0 atom stereocenters. The molecule has 1 aromatic heterocycles. The largest absolute Gasteiger partial charge is 0.326 e. The topological polar surface area (TPSA) is 112 Å². The molecular weight excluding hydrogens is 338 g/mol. The van der Waals surface area contributed by atoms with Gasteiger partial charge in [-0.05, 0) is 31.0 Å². The van der Waals surface area contributed by atoms with E-state index in [9.17, 15) is 18.0 Å². The van der Waals surface area contributed by atoms with Crippen LogP contribution in [0.1, 0.15) is 19.4 Å². The number of aromatic nitrogens is 2. The van der Waals surface area contributed by atoms with Gasteiger partial charge in [0.1, 0.15) is 0 Å². The first-order valence-corrected chi connectivity index (χ1v) is 9.79. The van der Waals surface area contributed by atoms with Crippen LogP contribution in [-0.2, 0) is 16.4 Å². The third-order valence-corrected chi connectivity index (χ3v) is 7.24. The van der Waals surface area contributed by atoms with Crippen molar-refractivity contribution >= 4 is 32.7 Å². The number of sulfonamides is 1. The molecule has 0 amide bonds. The lowest BCUT2D eigenvalue weighted by atomic mass is 10.1. The SMILES string of the molecule is CCc1c(S(=O)(=O)NC2(C)CSC2)ccc2[nH]c(=O)[nH]c(=O)c12. The summed E-state index contributed by atoms with van der Waals surface area (Å²) in [5, 5.41) is 0.211. The second-order valence-electron chi connectivity index (χ2n) is 5.89. The molecule has 2 heterocycles. The fourth-order valence-electron chi connectivity index (χ4n) is 2.76. The van der Waals surface area contributed by atoms with E-state index >= 15 is 0 Å². The highest BCUT2D eigenvalue weighted by Crippen LogP contribution is 2.31. The van der Waals surface area contributed by atoms with E-state index < -0.39 is 26.8 Å². The molecule has 0 unspecified atom stereocenters. The molecule has 0 radical (unpaired) electrons. The summed E-state index contributed by atoms with van der Waals surface area (Å²) in [6.07, 6.45) is 0.355. The van der Waals surface area contributed by atoms with Gasteiger partial charge in [0, 0.05) is 17.0 Å². The Morgan fingerprint density at radius 2 is 1.96 bits per heavy atom. The molecule has 1 aliphatic rings. The molecule has 7 nitrogen and oxygen atoms in total. The highest BCUT2D eigenvalue weighted by Gasteiger charge is 2.37. The van der Waals surface area contributed by atoms with Crippen molar-refractivity contribution in [3.63, 3.8) is 0 Å². The Balaban J connectivity index is 2.22. The number of H-pyrrole nitrogens is 2. The Kier molecular flexibility index (Phi) is 3.89. The lowest BCUT2D eigenvalue weighted by molar-refractivity contribution is 0.486. The molecule has 3 N–H and O–H groups in total. The number of nitrogens with one attached hydrogen (secondary N) is 3. The predicted molar refractivity (Wildman–Crippen MR) is 90.6 cm³/mol. The van der Waals surface area contributed by atoms with Crippen LogP contribution in [0.5, 0.6) is 0 Å². The summed E-state index contributed by atoms with van der Waals surface area (Å²) in [6, 6.07) is 2.89. The number of benzene rings is 1. The van der Waals surface area contributed by atoms with Crippen molar-refractivity contribution in [3.8, 4) is 0 Å². The Morgan fingerprint density at radius 1 is 1.26 bits per heavy atom. The minimum Gasteiger partial charge on any atom is -0.307 e. The predicted octanol–water partition coefficient (Wildman–Crippen LogP) is 0.563. The van der Waals surface area contributed by atoms with Crippen LogP contribution in [-0.4, -0.2) is 35.4 Å². The van der Waals surface area contributed by atoms with Gasteiger partial charge in [-0.3, -0.25) is 9.78 Å². The molecule has 2 aromatic rings. The third-order valence-electron chi connectivity index (χ3n) is 3.84. The van der Waals surface area contributed by atoms with Crippen LogP contribution in [0.25, 0.3) is 10.9 Å². The van der Waals surface area contributed by atoms with Crippen LogP contribution in [0.4, 0.5) is 0 Å². The summed E-state index contributed by atoms with van der Waals surface area (Å²) < 4.78 is 28.2. The molecule has 3 rings (SSSR count). The highest BCUT2D eigenvalue weighted by molar-refractivity contribution is 8.01. The smallest absolute Gasteiger partial charge is 0.307 e. The van der Waals surface area contributed by atoms with Crippen LogP contribution in [0.2, 0.25) is 0 Å². The number of thioether (sulfide) groups is 1. The van der Waals surface area contributed by atoms with E-state index in [-0.39, 0.29) is 10.3 Å². The molecule has 23 heavy (non-hydrogen) atoms. The zero-order chi connectivity index (χ0) is 16.8. The van der Waals surface area contributed by atoms with Gasteiger partial charge in [0.25, 0.3) is 5.56 Å².